The number of rotatable bonds is 4. The number of aryl methyl sites for hydroxylation is 2. The molecule has 28 heavy (non-hydrogen) atoms. The average molecular weight is 378 g/mol. The second-order valence-electron chi connectivity index (χ2n) is 6.75. The third-order valence-electron chi connectivity index (χ3n) is 4.35. The van der Waals surface area contributed by atoms with Gasteiger partial charge in [-0.15, -0.1) is 0 Å². The van der Waals surface area contributed by atoms with E-state index in [1.165, 1.54) is 11.9 Å². The molecule has 2 N–H and O–H groups in total. The van der Waals surface area contributed by atoms with Crippen LogP contribution in [0.3, 0.4) is 0 Å². The standard InChI is InChI=1S/C21H22N4O3/c1-13-4-5-14(2)19(12-13)25-20(27)11-10-18(24-25)21(28)23-17-8-6-16(7-9-17)22-15(3)26/h4-9,12H,10-11H2,1-3H3,(H,22,26)(H,23,28). The Kier molecular flexibility index (Phi) is 5.54. The molecular formula is C21H22N4O3. The summed E-state index contributed by atoms with van der Waals surface area (Å²) in [5.41, 5.74) is 4.14. The van der Waals surface area contributed by atoms with Crippen LogP contribution in [0.2, 0.25) is 0 Å². The molecule has 144 valence electrons. The first-order valence-electron chi connectivity index (χ1n) is 9.00. The number of carbonyl (C=O) groups excluding carboxylic acids is 3. The van der Waals surface area contributed by atoms with Crippen molar-refractivity contribution in [1.29, 1.82) is 0 Å². The van der Waals surface area contributed by atoms with E-state index in [9.17, 15) is 14.4 Å². The fourth-order valence-electron chi connectivity index (χ4n) is 2.90. The van der Waals surface area contributed by atoms with E-state index >= 15 is 0 Å². The van der Waals surface area contributed by atoms with E-state index in [-0.39, 0.29) is 30.6 Å². The van der Waals surface area contributed by atoms with Gasteiger partial charge >= 0.3 is 0 Å². The molecule has 0 atom stereocenters. The van der Waals surface area contributed by atoms with E-state index in [4.69, 9.17) is 0 Å². The SMILES string of the molecule is CC(=O)Nc1ccc(NC(=O)C2=NN(c3cc(C)ccc3C)C(=O)CC2)cc1. The van der Waals surface area contributed by atoms with Gasteiger partial charge in [0.2, 0.25) is 11.8 Å². The molecule has 3 rings (SSSR count). The van der Waals surface area contributed by atoms with Gasteiger partial charge in [0.25, 0.3) is 5.91 Å². The van der Waals surface area contributed by atoms with Gasteiger partial charge in [-0.05, 0) is 55.3 Å². The number of nitrogens with one attached hydrogen (secondary N) is 2. The zero-order chi connectivity index (χ0) is 20.3. The molecule has 1 heterocycles. The minimum Gasteiger partial charge on any atom is -0.326 e. The monoisotopic (exact) mass is 378 g/mol. The summed E-state index contributed by atoms with van der Waals surface area (Å²) < 4.78 is 0. The summed E-state index contributed by atoms with van der Waals surface area (Å²) in [5, 5.41) is 11.1. The van der Waals surface area contributed by atoms with Crippen LogP contribution in [-0.2, 0) is 14.4 Å². The average Bonchev–Trinajstić information content (AvgIpc) is 2.65. The molecule has 1 aliphatic heterocycles. The molecule has 1 aliphatic rings. The highest BCUT2D eigenvalue weighted by Gasteiger charge is 2.26. The molecule has 0 bridgehead atoms. The van der Waals surface area contributed by atoms with Gasteiger partial charge in [0, 0.05) is 31.1 Å². The highest BCUT2D eigenvalue weighted by Crippen LogP contribution is 2.25. The molecule has 0 radical (unpaired) electrons. The highest BCUT2D eigenvalue weighted by molar-refractivity contribution is 6.44. The first-order chi connectivity index (χ1) is 13.3. The lowest BCUT2D eigenvalue weighted by atomic mass is 10.1. The predicted molar refractivity (Wildman–Crippen MR) is 109 cm³/mol. The predicted octanol–water partition coefficient (Wildman–Crippen LogP) is 3.38. The topological polar surface area (TPSA) is 90.9 Å². The normalized spacial score (nSPS) is 13.8. The van der Waals surface area contributed by atoms with Gasteiger partial charge in [0.1, 0.15) is 5.71 Å². The number of hydrazone groups is 1. The van der Waals surface area contributed by atoms with Crippen molar-refractivity contribution in [2.24, 2.45) is 5.10 Å². The van der Waals surface area contributed by atoms with Crippen molar-refractivity contribution in [3.8, 4) is 0 Å². The van der Waals surface area contributed by atoms with Crippen LogP contribution in [0.15, 0.2) is 47.6 Å². The van der Waals surface area contributed by atoms with E-state index in [2.05, 4.69) is 15.7 Å². The van der Waals surface area contributed by atoms with Gasteiger partial charge in [-0.2, -0.15) is 5.10 Å². The molecule has 2 aromatic carbocycles. The highest BCUT2D eigenvalue weighted by atomic mass is 16.2. The zero-order valence-electron chi connectivity index (χ0n) is 16.1. The van der Waals surface area contributed by atoms with Crippen LogP contribution in [0.4, 0.5) is 17.1 Å². The smallest absolute Gasteiger partial charge is 0.271 e. The molecule has 2 aromatic rings. The van der Waals surface area contributed by atoms with Crippen molar-refractivity contribution < 1.29 is 14.4 Å². The summed E-state index contributed by atoms with van der Waals surface area (Å²) in [6, 6.07) is 12.6. The van der Waals surface area contributed by atoms with E-state index in [0.29, 0.717) is 22.8 Å². The number of benzene rings is 2. The fourth-order valence-corrected chi connectivity index (χ4v) is 2.90. The van der Waals surface area contributed by atoms with Crippen LogP contribution in [0.5, 0.6) is 0 Å². The summed E-state index contributed by atoms with van der Waals surface area (Å²) >= 11 is 0. The summed E-state index contributed by atoms with van der Waals surface area (Å²) in [6.45, 7) is 5.28. The summed E-state index contributed by atoms with van der Waals surface area (Å²) in [6.07, 6.45) is 0.511. The van der Waals surface area contributed by atoms with Gasteiger partial charge < -0.3 is 10.6 Å². The molecule has 0 unspecified atom stereocenters. The van der Waals surface area contributed by atoms with Crippen molar-refractivity contribution in [3.05, 3.63) is 53.6 Å². The van der Waals surface area contributed by atoms with Gasteiger partial charge in [0.15, 0.2) is 0 Å². The Bertz CT molecular complexity index is 964. The first kappa shape index (κ1) is 19.3. The van der Waals surface area contributed by atoms with Crippen molar-refractivity contribution in [3.63, 3.8) is 0 Å². The van der Waals surface area contributed by atoms with Crippen molar-refractivity contribution in [1.82, 2.24) is 0 Å². The maximum absolute atomic E-state index is 12.6. The number of hydrogen-bond acceptors (Lipinski definition) is 4. The molecule has 0 fully saturated rings. The molecule has 7 heteroatoms. The molecule has 0 spiro atoms. The Morgan fingerprint density at radius 1 is 0.964 bits per heavy atom. The van der Waals surface area contributed by atoms with Crippen molar-refractivity contribution in [2.45, 2.75) is 33.6 Å². The minimum absolute atomic E-state index is 0.134. The van der Waals surface area contributed by atoms with Crippen LogP contribution >= 0.6 is 0 Å². The molecular weight excluding hydrogens is 356 g/mol. The Morgan fingerprint density at radius 2 is 1.61 bits per heavy atom. The lowest BCUT2D eigenvalue weighted by molar-refractivity contribution is -0.119. The quantitative estimate of drug-likeness (QED) is 0.854. The number of anilines is 3. The molecule has 7 nitrogen and oxygen atoms in total. The fraction of sp³-hybridized carbons (Fsp3) is 0.238. The Morgan fingerprint density at radius 3 is 2.25 bits per heavy atom. The van der Waals surface area contributed by atoms with Crippen molar-refractivity contribution >= 4 is 40.5 Å². The van der Waals surface area contributed by atoms with Gasteiger partial charge in [-0.25, -0.2) is 5.01 Å². The maximum atomic E-state index is 12.6. The second-order valence-corrected chi connectivity index (χ2v) is 6.75. The third kappa shape index (κ3) is 4.43. The van der Waals surface area contributed by atoms with Crippen LogP contribution in [0.1, 0.15) is 30.9 Å². The van der Waals surface area contributed by atoms with E-state index in [0.717, 1.165) is 11.1 Å². The third-order valence-corrected chi connectivity index (χ3v) is 4.35. The van der Waals surface area contributed by atoms with Crippen LogP contribution in [0.25, 0.3) is 0 Å². The summed E-state index contributed by atoms with van der Waals surface area (Å²) in [4.78, 5) is 36.1. The van der Waals surface area contributed by atoms with Crippen molar-refractivity contribution in [2.75, 3.05) is 15.6 Å². The second kappa shape index (κ2) is 8.04. The Balaban J connectivity index is 1.78. The first-order valence-corrected chi connectivity index (χ1v) is 9.00. The lowest BCUT2D eigenvalue weighted by Gasteiger charge is -2.24. The number of carbonyl (C=O) groups is 3. The van der Waals surface area contributed by atoms with Gasteiger partial charge in [0.05, 0.1) is 5.69 Å². The summed E-state index contributed by atoms with van der Waals surface area (Å²) in [7, 11) is 0. The largest absolute Gasteiger partial charge is 0.326 e. The van der Waals surface area contributed by atoms with E-state index in [1.807, 2.05) is 32.0 Å². The lowest BCUT2D eigenvalue weighted by Crippen LogP contribution is -2.36. The molecule has 0 saturated heterocycles. The van der Waals surface area contributed by atoms with Gasteiger partial charge in [-0.1, -0.05) is 12.1 Å². The number of amides is 3. The van der Waals surface area contributed by atoms with E-state index < -0.39 is 0 Å². The van der Waals surface area contributed by atoms with Gasteiger partial charge in [-0.3, -0.25) is 14.4 Å². The van der Waals surface area contributed by atoms with Crippen LogP contribution in [-0.4, -0.2) is 23.4 Å². The maximum Gasteiger partial charge on any atom is 0.271 e. The Labute approximate surface area is 163 Å². The number of hydrogen-bond donors (Lipinski definition) is 2. The molecule has 0 saturated carbocycles. The Hall–Kier alpha value is -3.48. The van der Waals surface area contributed by atoms with E-state index in [1.54, 1.807) is 24.3 Å². The minimum atomic E-state index is -0.352. The van der Waals surface area contributed by atoms with Crippen LogP contribution in [0, 0.1) is 13.8 Å². The zero-order valence-corrected chi connectivity index (χ0v) is 16.1. The number of nitrogens with zero attached hydrogens (tertiary/aromatic N) is 2. The molecule has 0 aliphatic carbocycles. The summed E-state index contributed by atoms with van der Waals surface area (Å²) in [5.74, 6) is -0.649. The molecule has 0 aromatic heterocycles. The molecule has 3 amide bonds. The van der Waals surface area contributed by atoms with Crippen LogP contribution < -0.4 is 15.6 Å².